The molecule has 5 nitrogen and oxygen atoms in total. The first-order chi connectivity index (χ1) is 8.45. The number of rotatable bonds is 3. The number of hydrogen-bond donors (Lipinski definition) is 3. The minimum atomic E-state index is -4.22. The van der Waals surface area contributed by atoms with E-state index < -0.39 is 7.60 Å². The summed E-state index contributed by atoms with van der Waals surface area (Å²) in [5, 5.41) is 9.05. The third kappa shape index (κ3) is 4.66. The standard InChI is InChI=1S/C12H11O5P.Na.H/c13-9-1-3-10(4-2-9)17-11-5-7-12(8-6-11)18(14,15)16;;/h1-8,13H,(H2,14,15,16);;. The van der Waals surface area contributed by atoms with Crippen LogP contribution in [0.5, 0.6) is 17.2 Å². The van der Waals surface area contributed by atoms with Gasteiger partial charge in [0.2, 0.25) is 0 Å². The van der Waals surface area contributed by atoms with Crippen molar-refractivity contribution in [3.8, 4) is 17.2 Å². The predicted molar refractivity (Wildman–Crippen MR) is 73.4 cm³/mol. The van der Waals surface area contributed by atoms with Gasteiger partial charge in [-0.25, -0.2) is 0 Å². The van der Waals surface area contributed by atoms with Gasteiger partial charge in [-0.1, -0.05) is 0 Å². The van der Waals surface area contributed by atoms with Gasteiger partial charge < -0.3 is 19.6 Å². The fourth-order valence-electron chi connectivity index (χ4n) is 1.36. The van der Waals surface area contributed by atoms with Crippen LogP contribution in [0.2, 0.25) is 0 Å². The van der Waals surface area contributed by atoms with E-state index in [2.05, 4.69) is 0 Å². The minimum absolute atomic E-state index is 0. The van der Waals surface area contributed by atoms with E-state index in [0.29, 0.717) is 11.5 Å². The summed E-state index contributed by atoms with van der Waals surface area (Å²) in [6.07, 6.45) is 0. The first-order valence-corrected chi connectivity index (χ1v) is 6.69. The van der Waals surface area contributed by atoms with E-state index in [9.17, 15) is 4.57 Å². The Morgan fingerprint density at radius 3 is 1.68 bits per heavy atom. The summed E-state index contributed by atoms with van der Waals surface area (Å²) < 4.78 is 16.4. The summed E-state index contributed by atoms with van der Waals surface area (Å²) in [7, 11) is -4.22. The zero-order valence-electron chi connectivity index (χ0n) is 9.22. The molecule has 0 atom stereocenters. The molecule has 0 fully saturated rings. The Balaban J connectivity index is 0.00000180. The molecule has 2 aromatic rings. The molecule has 96 valence electrons. The van der Waals surface area contributed by atoms with Crippen molar-refractivity contribution in [2.24, 2.45) is 0 Å². The number of hydrogen-bond acceptors (Lipinski definition) is 3. The van der Waals surface area contributed by atoms with Crippen LogP contribution in [0.25, 0.3) is 0 Å². The van der Waals surface area contributed by atoms with Crippen LogP contribution in [-0.4, -0.2) is 44.5 Å². The molecule has 0 amide bonds. The molecule has 0 saturated heterocycles. The van der Waals surface area contributed by atoms with Crippen molar-refractivity contribution in [2.75, 3.05) is 0 Å². The van der Waals surface area contributed by atoms with Crippen LogP contribution in [0, 0.1) is 0 Å². The Labute approximate surface area is 132 Å². The molecule has 0 bridgehead atoms. The molecular formula is C12H12NaO5P. The van der Waals surface area contributed by atoms with Gasteiger partial charge in [0.25, 0.3) is 0 Å². The van der Waals surface area contributed by atoms with Crippen molar-refractivity contribution in [3.63, 3.8) is 0 Å². The molecule has 19 heavy (non-hydrogen) atoms. The van der Waals surface area contributed by atoms with Crippen LogP contribution in [0.4, 0.5) is 0 Å². The summed E-state index contributed by atoms with van der Waals surface area (Å²) >= 11 is 0. The van der Waals surface area contributed by atoms with E-state index >= 15 is 0 Å². The first kappa shape index (κ1) is 16.2. The monoisotopic (exact) mass is 290 g/mol. The topological polar surface area (TPSA) is 87.0 Å². The van der Waals surface area contributed by atoms with Crippen molar-refractivity contribution < 1.29 is 24.2 Å². The van der Waals surface area contributed by atoms with Crippen molar-refractivity contribution in [1.82, 2.24) is 0 Å². The van der Waals surface area contributed by atoms with Gasteiger partial charge in [0, 0.05) is 0 Å². The van der Waals surface area contributed by atoms with Gasteiger partial charge >= 0.3 is 37.2 Å². The van der Waals surface area contributed by atoms with Crippen molar-refractivity contribution in [1.29, 1.82) is 0 Å². The summed E-state index contributed by atoms with van der Waals surface area (Å²) in [6.45, 7) is 0. The Morgan fingerprint density at radius 1 is 0.842 bits per heavy atom. The second kappa shape index (κ2) is 6.57. The zero-order chi connectivity index (χ0) is 13.2. The average Bonchev–Trinajstić information content (AvgIpc) is 2.32. The van der Waals surface area contributed by atoms with E-state index in [4.69, 9.17) is 19.6 Å². The fourth-order valence-corrected chi connectivity index (χ4v) is 1.90. The second-order valence-corrected chi connectivity index (χ2v) is 5.24. The maximum atomic E-state index is 11.0. The van der Waals surface area contributed by atoms with Gasteiger partial charge in [-0.2, -0.15) is 0 Å². The van der Waals surface area contributed by atoms with E-state index in [-0.39, 0.29) is 40.6 Å². The molecular weight excluding hydrogens is 278 g/mol. The van der Waals surface area contributed by atoms with Gasteiger partial charge in [-0.3, -0.25) is 4.57 Å². The Bertz CT molecular complexity index is 576. The molecule has 2 rings (SSSR count). The van der Waals surface area contributed by atoms with Gasteiger partial charge in [0.05, 0.1) is 5.30 Å². The number of benzene rings is 2. The van der Waals surface area contributed by atoms with Crippen LogP contribution >= 0.6 is 7.60 Å². The molecule has 2 aromatic carbocycles. The molecule has 0 aliphatic heterocycles. The number of aromatic hydroxyl groups is 1. The van der Waals surface area contributed by atoms with Crippen LogP contribution < -0.4 is 10.0 Å². The summed E-state index contributed by atoms with van der Waals surface area (Å²) in [4.78, 5) is 17.9. The molecule has 0 aromatic heterocycles. The summed E-state index contributed by atoms with van der Waals surface area (Å²) in [5.74, 6) is 1.12. The number of ether oxygens (including phenoxy) is 1. The van der Waals surface area contributed by atoms with Crippen LogP contribution in [0.1, 0.15) is 0 Å². The molecule has 0 radical (unpaired) electrons. The molecule has 0 saturated carbocycles. The van der Waals surface area contributed by atoms with Crippen molar-refractivity contribution in [2.45, 2.75) is 0 Å². The van der Waals surface area contributed by atoms with Crippen molar-refractivity contribution in [3.05, 3.63) is 48.5 Å². The fraction of sp³-hybridized carbons (Fsp3) is 0. The van der Waals surface area contributed by atoms with Gasteiger partial charge in [-0.05, 0) is 48.5 Å². The molecule has 0 unspecified atom stereocenters. The maximum absolute atomic E-state index is 11.0. The van der Waals surface area contributed by atoms with Crippen molar-refractivity contribution >= 4 is 42.5 Å². The van der Waals surface area contributed by atoms with Crippen LogP contribution in [0.15, 0.2) is 48.5 Å². The third-order valence-electron chi connectivity index (χ3n) is 2.25. The quantitative estimate of drug-likeness (QED) is 0.586. The van der Waals surface area contributed by atoms with Gasteiger partial charge in [0.15, 0.2) is 0 Å². The summed E-state index contributed by atoms with van der Waals surface area (Å²) in [6, 6.07) is 11.7. The third-order valence-corrected chi connectivity index (χ3v) is 3.22. The molecule has 0 heterocycles. The van der Waals surface area contributed by atoms with Gasteiger partial charge in [0.1, 0.15) is 17.2 Å². The Morgan fingerprint density at radius 2 is 1.26 bits per heavy atom. The average molecular weight is 290 g/mol. The normalized spacial score (nSPS) is 10.6. The molecule has 3 N–H and O–H groups in total. The SMILES string of the molecule is O=P(O)(O)c1ccc(Oc2ccc(O)cc2)cc1.[NaH]. The molecule has 0 spiro atoms. The predicted octanol–water partition coefficient (Wildman–Crippen LogP) is 1.34. The van der Waals surface area contributed by atoms with Crippen LogP contribution in [-0.2, 0) is 4.57 Å². The Kier molecular flexibility index (Phi) is 5.62. The summed E-state index contributed by atoms with van der Waals surface area (Å²) in [5.41, 5.74) is 0. The number of phenolic OH excluding ortho intramolecular Hbond substituents is 1. The first-order valence-electron chi connectivity index (χ1n) is 5.08. The zero-order valence-corrected chi connectivity index (χ0v) is 10.1. The van der Waals surface area contributed by atoms with E-state index in [1.54, 1.807) is 12.1 Å². The van der Waals surface area contributed by atoms with E-state index in [0.717, 1.165) is 0 Å². The molecule has 0 aliphatic carbocycles. The van der Waals surface area contributed by atoms with Gasteiger partial charge in [-0.15, -0.1) is 0 Å². The van der Waals surface area contributed by atoms with Crippen LogP contribution in [0.3, 0.4) is 0 Å². The Hall–Kier alpha value is -0.810. The van der Waals surface area contributed by atoms with E-state index in [1.165, 1.54) is 36.4 Å². The molecule has 7 heteroatoms. The second-order valence-electron chi connectivity index (χ2n) is 3.63. The molecule has 0 aliphatic rings. The number of phenols is 1. The van der Waals surface area contributed by atoms with E-state index in [1.807, 2.05) is 0 Å².